The number of benzene rings is 1. The van der Waals surface area contributed by atoms with Crippen molar-refractivity contribution in [2.75, 3.05) is 36.5 Å². The van der Waals surface area contributed by atoms with Crippen molar-refractivity contribution >= 4 is 17.4 Å². The lowest BCUT2D eigenvalue weighted by Gasteiger charge is -2.31. The zero-order valence-electron chi connectivity index (χ0n) is 14.6. The van der Waals surface area contributed by atoms with E-state index in [2.05, 4.69) is 15.2 Å². The summed E-state index contributed by atoms with van der Waals surface area (Å²) >= 11 is 0. The van der Waals surface area contributed by atoms with Crippen LogP contribution in [0.3, 0.4) is 0 Å². The molecule has 2 aromatic rings. The second-order valence-corrected chi connectivity index (χ2v) is 6.30. The number of nitrogens with one attached hydrogen (secondary N) is 1. The zero-order chi connectivity index (χ0) is 17.9. The molecule has 7 heteroatoms. The van der Waals surface area contributed by atoms with Gasteiger partial charge >= 0.3 is 0 Å². The minimum atomic E-state index is -0.731. The maximum atomic E-state index is 12.6. The van der Waals surface area contributed by atoms with Crippen molar-refractivity contribution in [3.63, 3.8) is 0 Å². The van der Waals surface area contributed by atoms with E-state index < -0.39 is 12.2 Å². The lowest BCUT2D eigenvalue weighted by Crippen LogP contribution is -2.46. The first-order valence-corrected chi connectivity index (χ1v) is 8.73. The Balaban J connectivity index is 1.41. The van der Waals surface area contributed by atoms with Gasteiger partial charge in [0, 0.05) is 13.1 Å². The highest BCUT2D eigenvalue weighted by molar-refractivity contribution is 5.94. The van der Waals surface area contributed by atoms with Crippen molar-refractivity contribution in [2.24, 2.45) is 0 Å². The van der Waals surface area contributed by atoms with Crippen molar-refractivity contribution in [1.29, 1.82) is 0 Å². The quantitative estimate of drug-likeness (QED) is 0.909. The number of hydrogen-bond donors (Lipinski definition) is 1. The number of para-hydroxylation sites is 2. The van der Waals surface area contributed by atoms with Crippen LogP contribution in [0.5, 0.6) is 11.5 Å². The molecular formula is C19H21N3O4. The molecule has 0 saturated carbocycles. The third-order valence-corrected chi connectivity index (χ3v) is 4.48. The van der Waals surface area contributed by atoms with Crippen LogP contribution in [0.4, 0.5) is 11.5 Å². The minimum Gasteiger partial charge on any atom is -0.482 e. The Morgan fingerprint density at radius 2 is 1.85 bits per heavy atom. The first-order chi connectivity index (χ1) is 12.7. The van der Waals surface area contributed by atoms with Gasteiger partial charge in [0.15, 0.2) is 11.5 Å². The number of rotatable bonds is 3. The largest absolute Gasteiger partial charge is 0.482 e. The van der Waals surface area contributed by atoms with E-state index in [1.807, 2.05) is 31.2 Å². The Hall–Kier alpha value is -2.80. The summed E-state index contributed by atoms with van der Waals surface area (Å²) in [4.78, 5) is 19.1. The highest BCUT2D eigenvalue weighted by Gasteiger charge is 2.34. The SMILES string of the molecule is CC1Oc2ccccc2OC1C(=O)Nc1ccc(N2CCOCC2)cn1. The number of ether oxygens (including phenoxy) is 3. The Kier molecular flexibility index (Phi) is 4.62. The number of aromatic nitrogens is 1. The van der Waals surface area contributed by atoms with E-state index in [0.29, 0.717) is 17.3 Å². The third-order valence-electron chi connectivity index (χ3n) is 4.48. The number of amides is 1. The topological polar surface area (TPSA) is 72.9 Å². The average molecular weight is 355 g/mol. The lowest BCUT2D eigenvalue weighted by atomic mass is 10.1. The third kappa shape index (κ3) is 3.43. The molecule has 1 aromatic heterocycles. The van der Waals surface area contributed by atoms with Gasteiger partial charge in [0.1, 0.15) is 11.9 Å². The molecule has 1 aromatic carbocycles. The van der Waals surface area contributed by atoms with Crippen LogP contribution >= 0.6 is 0 Å². The Morgan fingerprint density at radius 1 is 1.12 bits per heavy atom. The molecule has 1 saturated heterocycles. The minimum absolute atomic E-state index is 0.279. The van der Waals surface area contributed by atoms with Crippen LogP contribution in [0.15, 0.2) is 42.6 Å². The van der Waals surface area contributed by atoms with E-state index in [0.717, 1.165) is 32.0 Å². The smallest absolute Gasteiger partial charge is 0.270 e. The predicted octanol–water partition coefficient (Wildman–Crippen LogP) is 2.09. The monoisotopic (exact) mass is 355 g/mol. The van der Waals surface area contributed by atoms with E-state index in [1.165, 1.54) is 0 Å². The Morgan fingerprint density at radius 3 is 2.54 bits per heavy atom. The molecule has 0 aliphatic carbocycles. The number of pyridine rings is 1. The summed E-state index contributed by atoms with van der Waals surface area (Å²) in [5.74, 6) is 1.43. The number of morpholine rings is 1. The van der Waals surface area contributed by atoms with E-state index in [1.54, 1.807) is 18.3 Å². The molecule has 2 aliphatic heterocycles. The van der Waals surface area contributed by atoms with Crippen molar-refractivity contribution in [3.05, 3.63) is 42.6 Å². The highest BCUT2D eigenvalue weighted by atomic mass is 16.6. The summed E-state index contributed by atoms with van der Waals surface area (Å²) < 4.78 is 16.9. The number of carbonyl (C=O) groups is 1. The standard InChI is InChI=1S/C19H21N3O4/c1-13-18(26-16-5-3-2-4-15(16)25-13)19(23)21-17-7-6-14(12-20-17)22-8-10-24-11-9-22/h2-7,12-13,18H,8-11H2,1H3,(H,20,21,23). The van der Waals surface area contributed by atoms with Crippen LogP contribution in [-0.2, 0) is 9.53 Å². The van der Waals surface area contributed by atoms with Gasteiger partial charge in [-0.3, -0.25) is 4.79 Å². The number of anilines is 2. The van der Waals surface area contributed by atoms with Crippen LogP contribution < -0.4 is 19.7 Å². The van der Waals surface area contributed by atoms with Gasteiger partial charge in [-0.1, -0.05) is 12.1 Å². The summed E-state index contributed by atoms with van der Waals surface area (Å²) in [6.07, 6.45) is 0.640. The molecule has 2 atom stereocenters. The maximum Gasteiger partial charge on any atom is 0.270 e. The molecule has 1 amide bonds. The van der Waals surface area contributed by atoms with Gasteiger partial charge in [-0.25, -0.2) is 4.98 Å². The van der Waals surface area contributed by atoms with E-state index in [4.69, 9.17) is 14.2 Å². The maximum absolute atomic E-state index is 12.6. The van der Waals surface area contributed by atoms with Gasteiger partial charge in [-0.2, -0.15) is 0 Å². The van der Waals surface area contributed by atoms with Gasteiger partial charge < -0.3 is 24.4 Å². The van der Waals surface area contributed by atoms with Gasteiger partial charge in [-0.15, -0.1) is 0 Å². The van der Waals surface area contributed by atoms with Gasteiger partial charge in [0.25, 0.3) is 5.91 Å². The van der Waals surface area contributed by atoms with Crippen LogP contribution in [0.2, 0.25) is 0 Å². The van der Waals surface area contributed by atoms with Crippen LogP contribution in [0, 0.1) is 0 Å². The molecule has 0 radical (unpaired) electrons. The molecule has 2 aliphatic rings. The normalized spacial score (nSPS) is 22.0. The van der Waals surface area contributed by atoms with Crippen LogP contribution in [0.25, 0.3) is 0 Å². The molecule has 7 nitrogen and oxygen atoms in total. The van der Waals surface area contributed by atoms with E-state index in [-0.39, 0.29) is 5.91 Å². The molecular weight excluding hydrogens is 334 g/mol. The Labute approximate surface area is 151 Å². The van der Waals surface area contributed by atoms with Crippen molar-refractivity contribution in [3.8, 4) is 11.5 Å². The summed E-state index contributed by atoms with van der Waals surface area (Å²) in [6, 6.07) is 11.1. The van der Waals surface area contributed by atoms with Gasteiger partial charge in [-0.05, 0) is 31.2 Å². The fourth-order valence-electron chi connectivity index (χ4n) is 3.07. The first-order valence-electron chi connectivity index (χ1n) is 8.73. The lowest BCUT2D eigenvalue weighted by molar-refractivity contribution is -0.128. The second kappa shape index (κ2) is 7.21. The van der Waals surface area contributed by atoms with Crippen LogP contribution in [-0.4, -0.2) is 49.4 Å². The number of nitrogens with zero attached hydrogens (tertiary/aromatic N) is 2. The van der Waals surface area contributed by atoms with E-state index in [9.17, 15) is 4.79 Å². The summed E-state index contributed by atoms with van der Waals surface area (Å²) in [6.45, 7) is 4.94. The average Bonchev–Trinajstić information content (AvgIpc) is 2.68. The van der Waals surface area contributed by atoms with Gasteiger partial charge in [0.05, 0.1) is 25.1 Å². The van der Waals surface area contributed by atoms with E-state index >= 15 is 0 Å². The summed E-state index contributed by atoms with van der Waals surface area (Å²) in [7, 11) is 0. The zero-order valence-corrected chi connectivity index (χ0v) is 14.6. The van der Waals surface area contributed by atoms with Crippen LogP contribution in [0.1, 0.15) is 6.92 Å². The van der Waals surface area contributed by atoms with Gasteiger partial charge in [0.2, 0.25) is 6.10 Å². The fourth-order valence-corrected chi connectivity index (χ4v) is 3.07. The predicted molar refractivity (Wildman–Crippen MR) is 96.8 cm³/mol. The van der Waals surface area contributed by atoms with Crippen molar-refractivity contribution in [2.45, 2.75) is 19.1 Å². The molecule has 4 rings (SSSR count). The highest BCUT2D eigenvalue weighted by Crippen LogP contribution is 2.33. The Bertz CT molecular complexity index is 775. The molecule has 0 spiro atoms. The van der Waals surface area contributed by atoms with Crippen molar-refractivity contribution < 1.29 is 19.0 Å². The molecule has 1 N–H and O–H groups in total. The first kappa shape index (κ1) is 16.7. The fraction of sp³-hybridized carbons (Fsp3) is 0.368. The summed E-state index contributed by atoms with van der Waals surface area (Å²) in [5.41, 5.74) is 1.02. The van der Waals surface area contributed by atoms with Crippen molar-refractivity contribution in [1.82, 2.24) is 4.98 Å². The molecule has 2 unspecified atom stereocenters. The number of carbonyl (C=O) groups excluding carboxylic acids is 1. The molecule has 3 heterocycles. The number of hydrogen-bond acceptors (Lipinski definition) is 6. The molecule has 26 heavy (non-hydrogen) atoms. The molecule has 1 fully saturated rings. The number of fused-ring (bicyclic) bond motifs is 1. The summed E-state index contributed by atoms with van der Waals surface area (Å²) in [5, 5.41) is 2.80. The molecule has 136 valence electrons. The second-order valence-electron chi connectivity index (χ2n) is 6.30. The molecule has 0 bridgehead atoms.